The van der Waals surface area contributed by atoms with Crippen LogP contribution in [0.4, 0.5) is 0 Å². The third-order valence-electron chi connectivity index (χ3n) is 2.85. The second kappa shape index (κ2) is 4.78. The topological polar surface area (TPSA) is 66.8 Å². The number of amides is 1. The van der Waals surface area contributed by atoms with Crippen molar-refractivity contribution in [3.63, 3.8) is 0 Å². The molecule has 8 heteroatoms. The van der Waals surface area contributed by atoms with Gasteiger partial charge in [-0.05, 0) is 6.92 Å². The molecule has 17 heavy (non-hydrogen) atoms. The molecule has 2 rings (SSSR count). The summed E-state index contributed by atoms with van der Waals surface area (Å²) in [6.45, 7) is 2.58. The molecule has 2 atom stereocenters. The second-order valence-corrected chi connectivity index (χ2v) is 7.64. The number of rotatable bonds is 2. The molecule has 0 unspecified atom stereocenters. The van der Waals surface area contributed by atoms with Gasteiger partial charge in [0.25, 0.3) is 5.91 Å². The van der Waals surface area contributed by atoms with Crippen LogP contribution in [-0.2, 0) is 14.6 Å². The number of aliphatic imine (C=N–C) groups is 1. The van der Waals surface area contributed by atoms with Gasteiger partial charge in [-0.25, -0.2) is 8.42 Å². The first-order chi connectivity index (χ1) is 7.96. The molecule has 2 aliphatic heterocycles. The summed E-state index contributed by atoms with van der Waals surface area (Å²) in [7, 11) is -2.93. The minimum atomic E-state index is -2.93. The highest BCUT2D eigenvalue weighted by atomic mass is 35.5. The van der Waals surface area contributed by atoms with E-state index in [0.717, 1.165) is 0 Å². The molecule has 2 heterocycles. The van der Waals surface area contributed by atoms with Gasteiger partial charge in [0.1, 0.15) is 5.88 Å². The summed E-state index contributed by atoms with van der Waals surface area (Å²) in [5.41, 5.74) is 0. The van der Waals surface area contributed by atoms with Crippen molar-refractivity contribution in [1.82, 2.24) is 4.90 Å². The number of thioether (sulfide) groups is 1. The first kappa shape index (κ1) is 13.2. The van der Waals surface area contributed by atoms with Gasteiger partial charge in [-0.3, -0.25) is 4.79 Å². The fourth-order valence-electron chi connectivity index (χ4n) is 2.14. The average Bonchev–Trinajstić information content (AvgIpc) is 2.68. The highest BCUT2D eigenvalue weighted by Gasteiger charge is 2.48. The summed E-state index contributed by atoms with van der Waals surface area (Å²) in [5.74, 6) is -0.190. The van der Waals surface area contributed by atoms with Crippen molar-refractivity contribution in [2.24, 2.45) is 4.99 Å². The lowest BCUT2D eigenvalue weighted by Gasteiger charge is -2.21. The number of alkyl halides is 1. The van der Waals surface area contributed by atoms with Gasteiger partial charge in [0.15, 0.2) is 15.0 Å². The first-order valence-corrected chi connectivity index (χ1v) is 8.51. The minimum absolute atomic E-state index is 0.00169. The van der Waals surface area contributed by atoms with Crippen LogP contribution in [0.3, 0.4) is 0 Å². The predicted molar refractivity (Wildman–Crippen MR) is 69.4 cm³/mol. The maximum atomic E-state index is 11.5. The van der Waals surface area contributed by atoms with Crippen LogP contribution in [0.25, 0.3) is 0 Å². The highest BCUT2D eigenvalue weighted by molar-refractivity contribution is 8.15. The van der Waals surface area contributed by atoms with Crippen molar-refractivity contribution in [3.8, 4) is 0 Å². The van der Waals surface area contributed by atoms with E-state index in [-0.39, 0.29) is 34.6 Å². The molecule has 0 N–H and O–H groups in total. The molecule has 0 aliphatic carbocycles. The van der Waals surface area contributed by atoms with E-state index in [1.54, 1.807) is 0 Å². The Labute approximate surface area is 110 Å². The normalized spacial score (nSPS) is 33.1. The molecule has 0 aromatic carbocycles. The lowest BCUT2D eigenvalue weighted by Crippen LogP contribution is -2.37. The SMILES string of the molecule is CCN1C(=NC(=O)CCl)S[C@H]2CS(=O)(=O)C[C@@H]21. The standard InChI is InChI=1S/C9H13ClN2O3S2/c1-2-12-6-4-17(14,15)5-7(6)16-9(12)11-8(13)3-10/h6-7H,2-5H2,1H3/t6-,7-/m0/s1. The Bertz CT molecular complexity index is 463. The lowest BCUT2D eigenvalue weighted by atomic mass is 10.2. The van der Waals surface area contributed by atoms with Gasteiger partial charge in [0.2, 0.25) is 0 Å². The van der Waals surface area contributed by atoms with E-state index in [0.29, 0.717) is 11.7 Å². The van der Waals surface area contributed by atoms with E-state index in [1.807, 2.05) is 11.8 Å². The number of hydrogen-bond acceptors (Lipinski definition) is 4. The predicted octanol–water partition coefficient (Wildman–Crippen LogP) is 0.342. The zero-order valence-corrected chi connectivity index (χ0v) is 11.7. The Hall–Kier alpha value is -0.270. The number of carbonyl (C=O) groups excluding carboxylic acids is 1. The Balaban J connectivity index is 2.22. The van der Waals surface area contributed by atoms with Crippen molar-refractivity contribution < 1.29 is 13.2 Å². The Morgan fingerprint density at radius 2 is 2.29 bits per heavy atom. The molecule has 0 aromatic rings. The molecule has 0 bridgehead atoms. The molecule has 1 amide bonds. The summed E-state index contributed by atoms with van der Waals surface area (Å²) in [6, 6.07) is -0.0446. The largest absolute Gasteiger partial charge is 0.346 e. The monoisotopic (exact) mass is 296 g/mol. The molecular formula is C9H13ClN2O3S2. The van der Waals surface area contributed by atoms with Crippen molar-refractivity contribution in [2.75, 3.05) is 23.9 Å². The number of halogens is 1. The zero-order valence-electron chi connectivity index (χ0n) is 9.30. The molecule has 0 spiro atoms. The molecule has 5 nitrogen and oxygen atoms in total. The zero-order chi connectivity index (χ0) is 12.6. The van der Waals surface area contributed by atoms with E-state index in [4.69, 9.17) is 11.6 Å². The van der Waals surface area contributed by atoms with E-state index < -0.39 is 9.84 Å². The van der Waals surface area contributed by atoms with Gasteiger partial charge in [-0.1, -0.05) is 11.8 Å². The third kappa shape index (κ3) is 2.61. The minimum Gasteiger partial charge on any atom is -0.346 e. The van der Waals surface area contributed by atoms with Crippen LogP contribution in [0.5, 0.6) is 0 Å². The first-order valence-electron chi connectivity index (χ1n) is 5.28. The number of carbonyl (C=O) groups is 1. The highest BCUT2D eigenvalue weighted by Crippen LogP contribution is 2.37. The van der Waals surface area contributed by atoms with Gasteiger partial charge in [0.05, 0.1) is 17.5 Å². The second-order valence-electron chi connectivity index (χ2n) is 4.01. The third-order valence-corrected chi connectivity index (χ3v) is 6.33. The van der Waals surface area contributed by atoms with E-state index in [2.05, 4.69) is 4.99 Å². The van der Waals surface area contributed by atoms with Crippen LogP contribution >= 0.6 is 23.4 Å². The molecule has 2 aliphatic rings. The van der Waals surface area contributed by atoms with Crippen molar-refractivity contribution in [2.45, 2.75) is 18.2 Å². The van der Waals surface area contributed by atoms with Gasteiger partial charge in [-0.2, -0.15) is 4.99 Å². The average molecular weight is 297 g/mol. The van der Waals surface area contributed by atoms with Crippen molar-refractivity contribution in [1.29, 1.82) is 0 Å². The molecule has 2 fully saturated rings. The molecule has 0 aromatic heterocycles. The summed E-state index contributed by atoms with van der Waals surface area (Å²) in [6.07, 6.45) is 0. The molecule has 96 valence electrons. The molecule has 2 saturated heterocycles. The van der Waals surface area contributed by atoms with Crippen LogP contribution in [0.1, 0.15) is 6.92 Å². The van der Waals surface area contributed by atoms with Crippen LogP contribution in [0.2, 0.25) is 0 Å². The number of fused-ring (bicyclic) bond motifs is 1. The van der Waals surface area contributed by atoms with Gasteiger partial charge < -0.3 is 4.90 Å². The van der Waals surface area contributed by atoms with Crippen LogP contribution in [-0.4, -0.2) is 59.6 Å². The molecule has 0 saturated carbocycles. The maximum absolute atomic E-state index is 11.5. The van der Waals surface area contributed by atoms with E-state index >= 15 is 0 Å². The van der Waals surface area contributed by atoms with E-state index in [1.165, 1.54) is 11.8 Å². The quantitative estimate of drug-likeness (QED) is 0.688. The summed E-state index contributed by atoms with van der Waals surface area (Å²) in [4.78, 5) is 17.0. The van der Waals surface area contributed by atoms with Crippen molar-refractivity contribution in [3.05, 3.63) is 0 Å². The smallest absolute Gasteiger partial charge is 0.262 e. The van der Waals surface area contributed by atoms with Crippen molar-refractivity contribution >= 4 is 44.3 Å². The van der Waals surface area contributed by atoms with Gasteiger partial charge in [-0.15, -0.1) is 11.6 Å². The Kier molecular flexibility index (Phi) is 3.70. The number of amidine groups is 1. The Morgan fingerprint density at radius 3 is 2.88 bits per heavy atom. The maximum Gasteiger partial charge on any atom is 0.262 e. The molecular weight excluding hydrogens is 284 g/mol. The van der Waals surface area contributed by atoms with Crippen LogP contribution in [0, 0.1) is 0 Å². The number of sulfone groups is 1. The Morgan fingerprint density at radius 1 is 1.59 bits per heavy atom. The summed E-state index contributed by atoms with van der Waals surface area (Å²) < 4.78 is 23.0. The van der Waals surface area contributed by atoms with Crippen LogP contribution in [0.15, 0.2) is 4.99 Å². The van der Waals surface area contributed by atoms with Gasteiger partial charge in [0, 0.05) is 11.8 Å². The fourth-order valence-corrected chi connectivity index (χ4v) is 6.23. The van der Waals surface area contributed by atoms with Crippen LogP contribution < -0.4 is 0 Å². The summed E-state index contributed by atoms with van der Waals surface area (Å²) >= 11 is 6.78. The van der Waals surface area contributed by atoms with E-state index in [9.17, 15) is 13.2 Å². The molecule has 0 radical (unpaired) electrons. The number of nitrogens with zero attached hydrogens (tertiary/aromatic N) is 2. The lowest BCUT2D eigenvalue weighted by molar-refractivity contribution is -0.115. The summed E-state index contributed by atoms with van der Waals surface area (Å²) in [5, 5.41) is 0.616. The fraction of sp³-hybridized carbons (Fsp3) is 0.778. The van der Waals surface area contributed by atoms with Gasteiger partial charge >= 0.3 is 0 Å². The number of hydrogen-bond donors (Lipinski definition) is 0.